The molecule has 2 atom stereocenters. The first-order chi connectivity index (χ1) is 8.67. The molecule has 2 unspecified atom stereocenters. The molecule has 0 amide bonds. The van der Waals surface area contributed by atoms with E-state index in [0.717, 1.165) is 26.0 Å². The van der Waals surface area contributed by atoms with Gasteiger partial charge in [-0.3, -0.25) is 4.98 Å². The van der Waals surface area contributed by atoms with E-state index in [1.165, 1.54) is 11.3 Å². The average Bonchev–Trinajstić information content (AvgIpc) is 2.39. The van der Waals surface area contributed by atoms with Gasteiger partial charge >= 0.3 is 0 Å². The number of hydrogen-bond donors (Lipinski definition) is 1. The number of pyridine rings is 1. The van der Waals surface area contributed by atoms with Gasteiger partial charge in [-0.2, -0.15) is 0 Å². The molecule has 1 aromatic rings. The van der Waals surface area contributed by atoms with Gasteiger partial charge in [0.25, 0.3) is 0 Å². The van der Waals surface area contributed by atoms with Crippen LogP contribution in [0.5, 0.6) is 0 Å². The molecule has 18 heavy (non-hydrogen) atoms. The summed E-state index contributed by atoms with van der Waals surface area (Å²) >= 11 is 0. The minimum atomic E-state index is 0.479. The van der Waals surface area contributed by atoms with Gasteiger partial charge in [0.1, 0.15) is 0 Å². The van der Waals surface area contributed by atoms with Gasteiger partial charge in [-0.1, -0.05) is 19.9 Å². The Morgan fingerprint density at radius 1 is 1.33 bits per heavy atom. The second-order valence-electron chi connectivity index (χ2n) is 4.93. The fraction of sp³-hybridized carbons (Fsp3) is 0.667. The van der Waals surface area contributed by atoms with E-state index in [1.807, 2.05) is 6.20 Å². The van der Waals surface area contributed by atoms with Crippen LogP contribution in [0.4, 0.5) is 0 Å². The maximum atomic E-state index is 5.04. The van der Waals surface area contributed by atoms with Crippen molar-refractivity contribution in [3.05, 3.63) is 29.6 Å². The Balaban J connectivity index is 2.39. The highest BCUT2D eigenvalue weighted by molar-refractivity contribution is 5.14. The van der Waals surface area contributed by atoms with Crippen molar-refractivity contribution < 1.29 is 4.74 Å². The lowest BCUT2D eigenvalue weighted by molar-refractivity contribution is 0.192. The highest BCUT2D eigenvalue weighted by atomic mass is 16.5. The lowest BCUT2D eigenvalue weighted by Gasteiger charge is -2.21. The van der Waals surface area contributed by atoms with Crippen molar-refractivity contribution in [2.24, 2.45) is 5.92 Å². The summed E-state index contributed by atoms with van der Waals surface area (Å²) in [6.07, 6.45) is 4.06. The van der Waals surface area contributed by atoms with Gasteiger partial charge in [-0.15, -0.1) is 0 Å². The van der Waals surface area contributed by atoms with Crippen LogP contribution in [-0.2, 0) is 17.6 Å². The fourth-order valence-electron chi connectivity index (χ4n) is 1.88. The first-order valence-electron chi connectivity index (χ1n) is 6.83. The molecule has 0 aliphatic heterocycles. The smallest absolute Gasteiger partial charge is 0.0587 e. The summed E-state index contributed by atoms with van der Waals surface area (Å²) < 4.78 is 5.04. The highest BCUT2D eigenvalue weighted by Crippen LogP contribution is 2.11. The third kappa shape index (κ3) is 5.15. The predicted molar refractivity (Wildman–Crippen MR) is 75.8 cm³/mol. The molecular weight excluding hydrogens is 224 g/mol. The molecule has 1 N–H and O–H groups in total. The van der Waals surface area contributed by atoms with Crippen LogP contribution in [0.1, 0.15) is 32.0 Å². The maximum Gasteiger partial charge on any atom is 0.0587 e. The Bertz CT molecular complexity index is 324. The van der Waals surface area contributed by atoms with Crippen LogP contribution in [0.15, 0.2) is 18.3 Å². The molecule has 102 valence electrons. The van der Waals surface area contributed by atoms with Gasteiger partial charge in [-0.25, -0.2) is 0 Å². The van der Waals surface area contributed by atoms with E-state index in [0.29, 0.717) is 12.0 Å². The summed E-state index contributed by atoms with van der Waals surface area (Å²) in [6, 6.07) is 4.81. The molecule has 0 aliphatic carbocycles. The molecule has 1 aromatic heterocycles. The second-order valence-corrected chi connectivity index (χ2v) is 4.93. The van der Waals surface area contributed by atoms with Gasteiger partial charge in [0, 0.05) is 31.6 Å². The highest BCUT2D eigenvalue weighted by Gasteiger charge is 2.12. The van der Waals surface area contributed by atoms with Crippen LogP contribution in [-0.4, -0.2) is 31.3 Å². The molecule has 0 bridgehead atoms. The second kappa shape index (κ2) is 8.22. The molecule has 0 saturated heterocycles. The van der Waals surface area contributed by atoms with E-state index in [2.05, 4.69) is 43.2 Å². The van der Waals surface area contributed by atoms with Crippen molar-refractivity contribution in [2.75, 3.05) is 20.3 Å². The number of aryl methyl sites for hydroxylation is 1. The minimum absolute atomic E-state index is 0.479. The Morgan fingerprint density at radius 2 is 2.11 bits per heavy atom. The van der Waals surface area contributed by atoms with E-state index in [-0.39, 0.29) is 0 Å². The number of hydrogen-bond acceptors (Lipinski definition) is 3. The number of ether oxygens (including phenoxy) is 1. The zero-order chi connectivity index (χ0) is 13.4. The molecule has 0 aliphatic rings. The van der Waals surface area contributed by atoms with E-state index < -0.39 is 0 Å². The molecule has 0 spiro atoms. The summed E-state index contributed by atoms with van der Waals surface area (Å²) in [7, 11) is 1.73. The molecule has 0 saturated carbocycles. The van der Waals surface area contributed by atoms with Crippen LogP contribution in [0.2, 0.25) is 0 Å². The van der Waals surface area contributed by atoms with Crippen LogP contribution < -0.4 is 5.32 Å². The quantitative estimate of drug-likeness (QED) is 0.720. The Labute approximate surface area is 111 Å². The van der Waals surface area contributed by atoms with Gasteiger partial charge in [-0.05, 0) is 37.3 Å². The third-order valence-corrected chi connectivity index (χ3v) is 3.45. The van der Waals surface area contributed by atoms with Gasteiger partial charge in [0.2, 0.25) is 0 Å². The number of nitrogens with one attached hydrogen (secondary N) is 1. The Morgan fingerprint density at radius 3 is 2.67 bits per heavy atom. The van der Waals surface area contributed by atoms with E-state index in [9.17, 15) is 0 Å². The lowest BCUT2D eigenvalue weighted by atomic mass is 9.97. The molecule has 1 heterocycles. The van der Waals surface area contributed by atoms with Crippen molar-refractivity contribution >= 4 is 0 Å². The van der Waals surface area contributed by atoms with Crippen LogP contribution in [0, 0.1) is 5.92 Å². The van der Waals surface area contributed by atoms with E-state index in [1.54, 1.807) is 7.11 Å². The first kappa shape index (κ1) is 15.1. The van der Waals surface area contributed by atoms with E-state index >= 15 is 0 Å². The lowest BCUT2D eigenvalue weighted by Crippen LogP contribution is -2.35. The van der Waals surface area contributed by atoms with Crippen molar-refractivity contribution in [3.63, 3.8) is 0 Å². The number of nitrogens with zero attached hydrogens (tertiary/aromatic N) is 1. The van der Waals surface area contributed by atoms with Crippen LogP contribution in [0.3, 0.4) is 0 Å². The zero-order valence-corrected chi connectivity index (χ0v) is 12.1. The Hall–Kier alpha value is -0.930. The van der Waals surface area contributed by atoms with Gasteiger partial charge in [0.05, 0.1) is 6.61 Å². The van der Waals surface area contributed by atoms with E-state index in [4.69, 9.17) is 4.74 Å². The zero-order valence-electron chi connectivity index (χ0n) is 12.1. The van der Waals surface area contributed by atoms with Crippen LogP contribution in [0.25, 0.3) is 0 Å². The minimum Gasteiger partial charge on any atom is -0.383 e. The van der Waals surface area contributed by atoms with Crippen molar-refractivity contribution in [3.8, 4) is 0 Å². The van der Waals surface area contributed by atoms with Crippen LogP contribution >= 0.6 is 0 Å². The number of rotatable bonds is 8. The number of methoxy groups -OCH3 is 1. The standard InChI is InChI=1S/C15H26N2O/c1-5-14-6-7-15(17-11-14)10-12(2)13(3)16-8-9-18-4/h6-7,11-13,16H,5,8-10H2,1-4H3. The third-order valence-electron chi connectivity index (χ3n) is 3.45. The summed E-state index contributed by atoms with van der Waals surface area (Å²) in [4.78, 5) is 4.52. The van der Waals surface area contributed by atoms with Crippen molar-refractivity contribution in [1.29, 1.82) is 0 Å². The molecular formula is C15H26N2O. The topological polar surface area (TPSA) is 34.1 Å². The summed E-state index contributed by atoms with van der Waals surface area (Å²) in [6.45, 7) is 8.31. The summed E-state index contributed by atoms with van der Waals surface area (Å²) in [5.41, 5.74) is 2.48. The normalized spacial score (nSPS) is 14.4. The number of aromatic nitrogens is 1. The summed E-state index contributed by atoms with van der Waals surface area (Å²) in [5, 5.41) is 3.47. The monoisotopic (exact) mass is 250 g/mol. The maximum absolute atomic E-state index is 5.04. The average molecular weight is 250 g/mol. The molecule has 0 radical (unpaired) electrons. The van der Waals surface area contributed by atoms with Gasteiger partial charge in [0.15, 0.2) is 0 Å². The molecule has 3 heteroatoms. The fourth-order valence-corrected chi connectivity index (χ4v) is 1.88. The van der Waals surface area contributed by atoms with Gasteiger partial charge < -0.3 is 10.1 Å². The van der Waals surface area contributed by atoms with Crippen molar-refractivity contribution in [2.45, 2.75) is 39.7 Å². The SMILES string of the molecule is CCc1ccc(CC(C)C(C)NCCOC)nc1. The molecule has 1 rings (SSSR count). The Kier molecular flexibility index (Phi) is 6.91. The first-order valence-corrected chi connectivity index (χ1v) is 6.83. The summed E-state index contributed by atoms with van der Waals surface area (Å²) in [5.74, 6) is 0.571. The van der Waals surface area contributed by atoms with Crippen molar-refractivity contribution in [1.82, 2.24) is 10.3 Å². The molecule has 0 fully saturated rings. The molecule has 3 nitrogen and oxygen atoms in total. The predicted octanol–water partition coefficient (Wildman–Crippen LogP) is 2.45. The molecule has 0 aromatic carbocycles. The largest absolute Gasteiger partial charge is 0.383 e.